The number of unbranched alkanes of at least 4 members (excludes halogenated alkanes) is 2. The van der Waals surface area contributed by atoms with Crippen LogP contribution >= 0.6 is 23.6 Å². The maximum absolute atomic E-state index is 5.67. The van der Waals surface area contributed by atoms with Crippen molar-refractivity contribution < 1.29 is 0 Å². The summed E-state index contributed by atoms with van der Waals surface area (Å²) in [6.45, 7) is 5.01. The molecule has 5 nitrogen and oxygen atoms in total. The highest BCUT2D eigenvalue weighted by atomic mass is 32.1. The molecule has 0 amide bonds. The fraction of sp³-hybridized carbons (Fsp3) is 0.550. The van der Waals surface area contributed by atoms with E-state index in [1.165, 1.54) is 35.4 Å². The number of piperidine rings is 1. The van der Waals surface area contributed by atoms with Crippen molar-refractivity contribution in [1.29, 1.82) is 0 Å². The van der Waals surface area contributed by atoms with Crippen LogP contribution in [-0.4, -0.2) is 30.8 Å². The number of nitrogens with zero attached hydrogens (tertiary/aromatic N) is 5. The van der Waals surface area contributed by atoms with Gasteiger partial charge in [0.25, 0.3) is 0 Å². The second kappa shape index (κ2) is 8.63. The molecule has 3 aromatic rings. The van der Waals surface area contributed by atoms with E-state index in [0.29, 0.717) is 6.04 Å². The van der Waals surface area contributed by atoms with Crippen LogP contribution in [-0.2, 0) is 13.2 Å². The first kappa shape index (κ1) is 18.8. The first-order valence-corrected chi connectivity index (χ1v) is 11.2. The van der Waals surface area contributed by atoms with Crippen molar-refractivity contribution in [3.05, 3.63) is 40.4 Å². The van der Waals surface area contributed by atoms with Gasteiger partial charge in [-0.05, 0) is 43.6 Å². The number of likely N-dealkylation sites (tertiary alicyclic amines) is 1. The quantitative estimate of drug-likeness (QED) is 0.392. The summed E-state index contributed by atoms with van der Waals surface area (Å²) < 4.78 is 6.20. The summed E-state index contributed by atoms with van der Waals surface area (Å²) in [6.07, 6.45) is 9.16. The highest BCUT2D eigenvalue weighted by Gasteiger charge is 2.27. The van der Waals surface area contributed by atoms with E-state index in [1.807, 2.05) is 22.3 Å². The molecule has 1 aliphatic heterocycles. The Labute approximate surface area is 169 Å². The number of hydrogen-bond acceptors (Lipinski definition) is 5. The fourth-order valence-corrected chi connectivity index (χ4v) is 5.18. The van der Waals surface area contributed by atoms with Gasteiger partial charge in [0.2, 0.25) is 0 Å². The van der Waals surface area contributed by atoms with E-state index in [1.54, 1.807) is 0 Å². The monoisotopic (exact) mass is 401 g/mol. The van der Waals surface area contributed by atoms with Gasteiger partial charge in [-0.2, -0.15) is 5.10 Å². The van der Waals surface area contributed by atoms with E-state index >= 15 is 0 Å². The minimum atomic E-state index is 0.364. The van der Waals surface area contributed by atoms with Gasteiger partial charge < -0.3 is 4.57 Å². The number of aromatic nitrogens is 4. The number of aryl methyl sites for hydroxylation is 1. The van der Waals surface area contributed by atoms with Gasteiger partial charge in [-0.3, -0.25) is 4.90 Å². The summed E-state index contributed by atoms with van der Waals surface area (Å²) in [5, 5.41) is 5.80. The van der Waals surface area contributed by atoms with Crippen molar-refractivity contribution in [1.82, 2.24) is 24.2 Å². The molecule has 1 saturated heterocycles. The third-order valence-corrected chi connectivity index (χ3v) is 6.91. The Morgan fingerprint density at radius 2 is 2.11 bits per heavy atom. The number of hydrogen-bond donors (Lipinski definition) is 0. The third kappa shape index (κ3) is 4.15. The molecule has 144 valence electrons. The molecule has 3 heterocycles. The lowest BCUT2D eigenvalue weighted by atomic mass is 10.0. The van der Waals surface area contributed by atoms with Crippen LogP contribution in [0.1, 0.15) is 56.5 Å². The zero-order chi connectivity index (χ0) is 18.6. The number of thiazole rings is 1. The molecule has 1 fully saturated rings. The van der Waals surface area contributed by atoms with E-state index in [4.69, 9.17) is 17.2 Å². The summed E-state index contributed by atoms with van der Waals surface area (Å²) in [5.74, 6) is 0. The summed E-state index contributed by atoms with van der Waals surface area (Å²) in [7, 11) is 0. The SMILES string of the molecule is CCCCCn1cnn(CN2CCCC[C@@H]2c2nc3ccccc3s2)c1=S. The maximum atomic E-state index is 5.67. The highest BCUT2D eigenvalue weighted by molar-refractivity contribution is 7.71. The molecule has 1 aliphatic rings. The van der Waals surface area contributed by atoms with E-state index in [9.17, 15) is 0 Å². The number of benzene rings is 1. The van der Waals surface area contributed by atoms with Crippen LogP contribution in [0.4, 0.5) is 0 Å². The Balaban J connectivity index is 1.52. The Bertz CT molecular complexity index is 908. The molecule has 7 heteroatoms. The van der Waals surface area contributed by atoms with E-state index in [2.05, 4.69) is 45.8 Å². The first-order valence-electron chi connectivity index (χ1n) is 9.98. The van der Waals surface area contributed by atoms with Crippen LogP contribution in [0.15, 0.2) is 30.6 Å². The molecule has 0 spiro atoms. The predicted octanol–water partition coefficient (Wildman–Crippen LogP) is 5.40. The van der Waals surface area contributed by atoms with Gasteiger partial charge in [-0.25, -0.2) is 9.67 Å². The van der Waals surface area contributed by atoms with Crippen molar-refractivity contribution in [3.63, 3.8) is 0 Å². The summed E-state index contributed by atoms with van der Waals surface area (Å²) >= 11 is 7.50. The first-order chi connectivity index (χ1) is 13.3. The number of rotatable bonds is 7. The van der Waals surface area contributed by atoms with Crippen LogP contribution in [0.25, 0.3) is 10.2 Å². The van der Waals surface area contributed by atoms with Crippen LogP contribution < -0.4 is 0 Å². The number of fused-ring (bicyclic) bond motifs is 1. The topological polar surface area (TPSA) is 38.9 Å². The Kier molecular flexibility index (Phi) is 6.00. The van der Waals surface area contributed by atoms with Crippen LogP contribution in [0.3, 0.4) is 0 Å². The molecule has 0 N–H and O–H groups in total. The lowest BCUT2D eigenvalue weighted by Gasteiger charge is -2.34. The Morgan fingerprint density at radius 1 is 1.22 bits per heavy atom. The lowest BCUT2D eigenvalue weighted by Crippen LogP contribution is -2.35. The van der Waals surface area contributed by atoms with Gasteiger partial charge in [0.05, 0.1) is 22.9 Å². The standard InChI is InChI=1S/C20H27N5S2/c1-2-3-7-12-23-14-21-25(20(23)26)15-24-13-8-6-10-17(24)19-22-16-9-4-5-11-18(16)27-19/h4-5,9,11,14,17H,2-3,6-8,10,12-13,15H2,1H3/t17-/m1/s1. The summed E-state index contributed by atoms with van der Waals surface area (Å²) in [4.78, 5) is 7.42. The van der Waals surface area contributed by atoms with Crippen molar-refractivity contribution >= 4 is 33.8 Å². The summed E-state index contributed by atoms with van der Waals surface area (Å²) in [6, 6.07) is 8.79. The van der Waals surface area contributed by atoms with Crippen molar-refractivity contribution in [2.75, 3.05) is 6.54 Å². The number of para-hydroxylation sites is 1. The van der Waals surface area contributed by atoms with Crippen molar-refractivity contribution in [2.45, 2.75) is 64.7 Å². The highest BCUT2D eigenvalue weighted by Crippen LogP contribution is 2.35. The maximum Gasteiger partial charge on any atom is 0.198 e. The van der Waals surface area contributed by atoms with Crippen LogP contribution in [0, 0.1) is 4.77 Å². The molecule has 4 rings (SSSR count). The molecular formula is C20H27N5S2. The third-order valence-electron chi connectivity index (χ3n) is 5.32. The van der Waals surface area contributed by atoms with Gasteiger partial charge in [-0.1, -0.05) is 38.3 Å². The molecule has 0 saturated carbocycles. The molecule has 0 bridgehead atoms. The van der Waals surface area contributed by atoms with Crippen molar-refractivity contribution in [2.24, 2.45) is 0 Å². The van der Waals surface area contributed by atoms with E-state index in [0.717, 1.165) is 42.9 Å². The van der Waals surface area contributed by atoms with Gasteiger partial charge in [0.15, 0.2) is 4.77 Å². The van der Waals surface area contributed by atoms with Crippen molar-refractivity contribution in [3.8, 4) is 0 Å². The summed E-state index contributed by atoms with van der Waals surface area (Å²) in [5.41, 5.74) is 1.11. The molecule has 0 unspecified atom stereocenters. The minimum absolute atomic E-state index is 0.364. The minimum Gasteiger partial charge on any atom is -0.307 e. The zero-order valence-corrected chi connectivity index (χ0v) is 17.5. The molecule has 0 aliphatic carbocycles. The van der Waals surface area contributed by atoms with Gasteiger partial charge in [0.1, 0.15) is 11.3 Å². The second-order valence-corrected chi connectivity index (χ2v) is 8.73. The molecular weight excluding hydrogens is 374 g/mol. The average Bonchev–Trinajstić information content (AvgIpc) is 3.27. The van der Waals surface area contributed by atoms with E-state index < -0.39 is 0 Å². The van der Waals surface area contributed by atoms with Crippen LogP contribution in [0.2, 0.25) is 0 Å². The molecule has 1 atom stereocenters. The Morgan fingerprint density at radius 3 is 2.96 bits per heavy atom. The molecule has 2 aromatic heterocycles. The average molecular weight is 402 g/mol. The normalized spacial score (nSPS) is 18.3. The molecule has 27 heavy (non-hydrogen) atoms. The van der Waals surface area contributed by atoms with E-state index in [-0.39, 0.29) is 0 Å². The van der Waals surface area contributed by atoms with Gasteiger partial charge in [0, 0.05) is 13.1 Å². The predicted molar refractivity (Wildman–Crippen MR) is 113 cm³/mol. The smallest absolute Gasteiger partial charge is 0.198 e. The lowest BCUT2D eigenvalue weighted by molar-refractivity contribution is 0.103. The fourth-order valence-electron chi connectivity index (χ4n) is 3.80. The van der Waals surface area contributed by atoms with Gasteiger partial charge >= 0.3 is 0 Å². The molecule has 0 radical (unpaired) electrons. The van der Waals surface area contributed by atoms with Gasteiger partial charge in [-0.15, -0.1) is 11.3 Å². The largest absolute Gasteiger partial charge is 0.307 e. The second-order valence-electron chi connectivity index (χ2n) is 7.30. The van der Waals surface area contributed by atoms with Crippen LogP contribution in [0.5, 0.6) is 0 Å². The Hall–Kier alpha value is -1.57. The zero-order valence-electron chi connectivity index (χ0n) is 15.9. The molecule has 1 aromatic carbocycles.